The third kappa shape index (κ3) is 2.26. The van der Waals surface area contributed by atoms with Gasteiger partial charge < -0.3 is 5.32 Å². The van der Waals surface area contributed by atoms with Gasteiger partial charge in [-0.15, -0.1) is 0 Å². The Labute approximate surface area is 99.7 Å². The van der Waals surface area contributed by atoms with E-state index in [1.54, 1.807) is 12.3 Å². The lowest BCUT2D eigenvalue weighted by Crippen LogP contribution is -2.03. The Hall–Kier alpha value is -2.35. The van der Waals surface area contributed by atoms with Crippen molar-refractivity contribution in [2.75, 3.05) is 5.32 Å². The number of aryl methyl sites for hydroxylation is 1. The topological polar surface area (TPSA) is 66.5 Å². The summed E-state index contributed by atoms with van der Waals surface area (Å²) in [4.78, 5) is 3.99. The zero-order valence-corrected chi connectivity index (χ0v) is 9.81. The third-order valence-corrected chi connectivity index (χ3v) is 2.72. The van der Waals surface area contributed by atoms with E-state index in [1.807, 2.05) is 30.9 Å². The Morgan fingerprint density at radius 3 is 3.00 bits per heavy atom. The van der Waals surface area contributed by atoms with Crippen LogP contribution in [0.1, 0.15) is 17.0 Å². The fraction of sp³-hybridized carbons (Fsp3) is 0.250. The molecule has 17 heavy (non-hydrogen) atoms. The van der Waals surface area contributed by atoms with Crippen LogP contribution in [0, 0.1) is 18.3 Å². The van der Waals surface area contributed by atoms with Crippen molar-refractivity contribution in [2.45, 2.75) is 13.5 Å². The summed E-state index contributed by atoms with van der Waals surface area (Å²) >= 11 is 0. The summed E-state index contributed by atoms with van der Waals surface area (Å²) in [5.41, 5.74) is 3.38. The molecule has 0 spiro atoms. The van der Waals surface area contributed by atoms with Crippen LogP contribution in [0.15, 0.2) is 24.5 Å². The number of anilines is 1. The molecule has 0 saturated carbocycles. The molecule has 0 fully saturated rings. The Morgan fingerprint density at radius 1 is 1.53 bits per heavy atom. The molecule has 2 aromatic heterocycles. The molecule has 2 rings (SSSR count). The molecule has 1 N–H and O–H groups in total. The maximum absolute atomic E-state index is 8.91. The number of hydrogen-bond donors (Lipinski definition) is 1. The summed E-state index contributed by atoms with van der Waals surface area (Å²) in [5, 5.41) is 16.3. The lowest BCUT2D eigenvalue weighted by Gasteiger charge is -2.06. The average molecular weight is 227 g/mol. The molecule has 2 aromatic rings. The van der Waals surface area contributed by atoms with Gasteiger partial charge in [0.25, 0.3) is 0 Å². The second-order valence-corrected chi connectivity index (χ2v) is 3.74. The Morgan fingerprint density at radius 2 is 2.35 bits per heavy atom. The first-order valence-corrected chi connectivity index (χ1v) is 5.29. The smallest absolute Gasteiger partial charge is 0.163 e. The van der Waals surface area contributed by atoms with Gasteiger partial charge in [-0.05, 0) is 19.1 Å². The molecule has 0 bridgehead atoms. The average Bonchev–Trinajstić information content (AvgIpc) is 2.68. The molecule has 5 nitrogen and oxygen atoms in total. The summed E-state index contributed by atoms with van der Waals surface area (Å²) in [6, 6.07) is 5.71. The fourth-order valence-corrected chi connectivity index (χ4v) is 1.55. The van der Waals surface area contributed by atoms with E-state index in [9.17, 15) is 0 Å². The third-order valence-electron chi connectivity index (χ3n) is 2.72. The molecule has 0 unspecified atom stereocenters. The second-order valence-electron chi connectivity index (χ2n) is 3.74. The van der Waals surface area contributed by atoms with Crippen molar-refractivity contribution >= 4 is 5.69 Å². The van der Waals surface area contributed by atoms with Crippen molar-refractivity contribution in [3.8, 4) is 6.07 Å². The highest BCUT2D eigenvalue weighted by Crippen LogP contribution is 2.13. The van der Waals surface area contributed by atoms with Gasteiger partial charge in [-0.3, -0.25) is 4.68 Å². The van der Waals surface area contributed by atoms with E-state index >= 15 is 0 Å². The molecule has 0 aliphatic heterocycles. The molecular formula is C12H13N5. The van der Waals surface area contributed by atoms with Gasteiger partial charge in [0.2, 0.25) is 0 Å². The predicted octanol–water partition coefficient (Wildman–Crippen LogP) is 1.61. The van der Waals surface area contributed by atoms with Crippen LogP contribution in [-0.2, 0) is 13.6 Å². The molecule has 5 heteroatoms. The summed E-state index contributed by atoms with van der Waals surface area (Å²) in [7, 11) is 1.91. The first-order chi connectivity index (χ1) is 8.22. The Kier molecular flexibility index (Phi) is 3.06. The minimum atomic E-state index is 0.411. The van der Waals surface area contributed by atoms with E-state index < -0.39 is 0 Å². The van der Waals surface area contributed by atoms with Crippen LogP contribution in [0.4, 0.5) is 5.69 Å². The van der Waals surface area contributed by atoms with Crippen LogP contribution < -0.4 is 5.32 Å². The molecule has 0 aromatic carbocycles. The van der Waals surface area contributed by atoms with E-state index in [2.05, 4.69) is 21.5 Å². The minimum absolute atomic E-state index is 0.411. The normalized spacial score (nSPS) is 9.94. The van der Waals surface area contributed by atoms with E-state index in [4.69, 9.17) is 5.26 Å². The fourth-order valence-electron chi connectivity index (χ4n) is 1.55. The van der Waals surface area contributed by atoms with Crippen LogP contribution in [-0.4, -0.2) is 14.8 Å². The van der Waals surface area contributed by atoms with Gasteiger partial charge >= 0.3 is 0 Å². The SMILES string of the molecule is Cc1c(CNc2cccnc2C#N)cnn1C. The van der Waals surface area contributed by atoms with Crippen LogP contribution in [0.3, 0.4) is 0 Å². The zero-order valence-electron chi connectivity index (χ0n) is 9.81. The molecule has 0 amide bonds. The molecule has 0 saturated heterocycles. The van der Waals surface area contributed by atoms with Gasteiger partial charge in [0, 0.05) is 31.0 Å². The maximum atomic E-state index is 8.91. The van der Waals surface area contributed by atoms with Crippen molar-refractivity contribution in [3.63, 3.8) is 0 Å². The number of nitrogens with zero attached hydrogens (tertiary/aromatic N) is 4. The van der Waals surface area contributed by atoms with Crippen LogP contribution in [0.25, 0.3) is 0 Å². The van der Waals surface area contributed by atoms with Crippen LogP contribution in [0.2, 0.25) is 0 Å². The number of pyridine rings is 1. The number of nitrogens with one attached hydrogen (secondary N) is 1. The molecule has 2 heterocycles. The largest absolute Gasteiger partial charge is 0.378 e. The number of hydrogen-bond acceptors (Lipinski definition) is 4. The summed E-state index contributed by atoms with van der Waals surface area (Å²) in [6.45, 7) is 2.65. The Balaban J connectivity index is 2.13. The highest BCUT2D eigenvalue weighted by molar-refractivity contribution is 5.53. The molecule has 0 aliphatic rings. The first kappa shape index (κ1) is 11.1. The number of rotatable bonds is 3. The minimum Gasteiger partial charge on any atom is -0.378 e. The highest BCUT2D eigenvalue weighted by Gasteiger charge is 2.05. The first-order valence-electron chi connectivity index (χ1n) is 5.29. The molecule has 86 valence electrons. The van der Waals surface area contributed by atoms with Crippen molar-refractivity contribution in [1.29, 1.82) is 5.26 Å². The van der Waals surface area contributed by atoms with Gasteiger partial charge in [-0.1, -0.05) is 0 Å². The van der Waals surface area contributed by atoms with Crippen molar-refractivity contribution in [3.05, 3.63) is 41.5 Å². The lowest BCUT2D eigenvalue weighted by atomic mass is 10.2. The van der Waals surface area contributed by atoms with Crippen molar-refractivity contribution < 1.29 is 0 Å². The van der Waals surface area contributed by atoms with E-state index in [0.29, 0.717) is 12.2 Å². The second kappa shape index (κ2) is 4.66. The van der Waals surface area contributed by atoms with Crippen molar-refractivity contribution in [1.82, 2.24) is 14.8 Å². The van der Waals surface area contributed by atoms with Gasteiger partial charge in [0.1, 0.15) is 6.07 Å². The summed E-state index contributed by atoms with van der Waals surface area (Å²) in [6.07, 6.45) is 3.43. The van der Waals surface area contributed by atoms with E-state index in [-0.39, 0.29) is 0 Å². The van der Waals surface area contributed by atoms with Crippen LogP contribution in [0.5, 0.6) is 0 Å². The van der Waals surface area contributed by atoms with Crippen LogP contribution >= 0.6 is 0 Å². The Bertz CT molecular complexity index is 565. The molecule has 0 atom stereocenters. The molecule has 0 aliphatic carbocycles. The zero-order chi connectivity index (χ0) is 12.3. The molecule has 0 radical (unpaired) electrons. The summed E-state index contributed by atoms with van der Waals surface area (Å²) in [5.74, 6) is 0. The highest BCUT2D eigenvalue weighted by atomic mass is 15.3. The van der Waals surface area contributed by atoms with E-state index in [1.165, 1.54) is 0 Å². The van der Waals surface area contributed by atoms with E-state index in [0.717, 1.165) is 16.9 Å². The van der Waals surface area contributed by atoms with Gasteiger partial charge in [-0.25, -0.2) is 4.98 Å². The standard InChI is InChI=1S/C12H13N5/c1-9-10(8-16-17(9)2)7-15-11-4-3-5-14-12(11)6-13/h3-5,8,15H,7H2,1-2H3. The van der Waals surface area contributed by atoms with Gasteiger partial charge in [-0.2, -0.15) is 10.4 Å². The number of aromatic nitrogens is 3. The van der Waals surface area contributed by atoms with Crippen molar-refractivity contribution in [2.24, 2.45) is 7.05 Å². The lowest BCUT2D eigenvalue weighted by molar-refractivity contribution is 0.738. The quantitative estimate of drug-likeness (QED) is 0.865. The maximum Gasteiger partial charge on any atom is 0.163 e. The number of nitriles is 1. The monoisotopic (exact) mass is 227 g/mol. The molecular weight excluding hydrogens is 214 g/mol. The predicted molar refractivity (Wildman–Crippen MR) is 64.2 cm³/mol. The van der Waals surface area contributed by atoms with Gasteiger partial charge in [0.05, 0.1) is 11.9 Å². The summed E-state index contributed by atoms with van der Waals surface area (Å²) < 4.78 is 1.82. The van der Waals surface area contributed by atoms with Gasteiger partial charge in [0.15, 0.2) is 5.69 Å².